The molecule has 188 valence electrons. The monoisotopic (exact) mass is 590 g/mol. The first-order valence-corrected chi connectivity index (χ1v) is 13.0. The number of aromatic nitrogens is 1. The summed E-state index contributed by atoms with van der Waals surface area (Å²) < 4.78 is 19.3. The van der Waals surface area contributed by atoms with Crippen molar-refractivity contribution in [3.63, 3.8) is 0 Å². The highest BCUT2D eigenvalue weighted by atomic mass is 79.9. The van der Waals surface area contributed by atoms with Gasteiger partial charge in [0.05, 0.1) is 36.1 Å². The summed E-state index contributed by atoms with van der Waals surface area (Å²) in [7, 11) is 3.10. The molecular weight excluding hydrogens is 568 g/mol. The van der Waals surface area contributed by atoms with E-state index in [9.17, 15) is 9.59 Å². The molecule has 1 aromatic heterocycles. The molecule has 0 bridgehead atoms. The number of esters is 1. The Balaban J connectivity index is 2.02. The number of thiazole rings is 1. The first kappa shape index (κ1) is 26.2. The third-order valence-corrected chi connectivity index (χ3v) is 7.26. The number of nitrogens with zero attached hydrogens (tertiary/aromatic N) is 2. The normalized spacial score (nSPS) is 15.6. The molecule has 1 atom stereocenters. The molecule has 0 amide bonds. The molecule has 2 heterocycles. The van der Waals surface area contributed by atoms with E-state index in [1.807, 2.05) is 12.1 Å². The molecule has 0 aliphatic carbocycles. The topological polar surface area (TPSA) is 79.1 Å². The van der Waals surface area contributed by atoms with Crippen molar-refractivity contribution in [3.8, 4) is 11.5 Å². The van der Waals surface area contributed by atoms with Crippen molar-refractivity contribution >= 4 is 50.9 Å². The van der Waals surface area contributed by atoms with Crippen molar-refractivity contribution in [1.29, 1.82) is 0 Å². The van der Waals surface area contributed by atoms with Crippen LogP contribution < -0.4 is 24.4 Å². The van der Waals surface area contributed by atoms with Gasteiger partial charge in [-0.25, -0.2) is 9.79 Å². The van der Waals surface area contributed by atoms with Crippen molar-refractivity contribution in [1.82, 2.24) is 4.57 Å². The Hall–Kier alpha value is -2.88. The van der Waals surface area contributed by atoms with Gasteiger partial charge in [-0.05, 0) is 63.2 Å². The van der Waals surface area contributed by atoms with Gasteiger partial charge >= 0.3 is 5.97 Å². The minimum Gasteiger partial charge on any atom is -0.496 e. The molecular formula is C26H24BrClN2O5S. The quantitative estimate of drug-likeness (QED) is 0.391. The van der Waals surface area contributed by atoms with Gasteiger partial charge in [0, 0.05) is 20.6 Å². The average molecular weight is 592 g/mol. The highest BCUT2D eigenvalue weighted by Crippen LogP contribution is 2.37. The minimum absolute atomic E-state index is 0.277. The molecule has 1 aliphatic rings. The third kappa shape index (κ3) is 5.00. The van der Waals surface area contributed by atoms with Crippen LogP contribution in [0.1, 0.15) is 37.9 Å². The van der Waals surface area contributed by atoms with E-state index >= 15 is 0 Å². The van der Waals surface area contributed by atoms with Gasteiger partial charge in [-0.15, -0.1) is 0 Å². The fourth-order valence-electron chi connectivity index (χ4n) is 4.03. The lowest BCUT2D eigenvalue weighted by Crippen LogP contribution is -2.40. The largest absolute Gasteiger partial charge is 0.496 e. The number of allylic oxidation sites excluding steroid dienone is 1. The number of rotatable bonds is 6. The van der Waals surface area contributed by atoms with Gasteiger partial charge in [0.25, 0.3) is 5.56 Å². The van der Waals surface area contributed by atoms with Crippen LogP contribution in [0.25, 0.3) is 6.08 Å². The van der Waals surface area contributed by atoms with Gasteiger partial charge in [-0.3, -0.25) is 9.36 Å². The molecule has 2 aromatic carbocycles. The van der Waals surface area contributed by atoms with Gasteiger partial charge in [0.1, 0.15) is 17.5 Å². The summed E-state index contributed by atoms with van der Waals surface area (Å²) in [6, 6.07) is 9.83. The maximum atomic E-state index is 13.8. The van der Waals surface area contributed by atoms with Crippen molar-refractivity contribution in [2.24, 2.45) is 4.99 Å². The van der Waals surface area contributed by atoms with Crippen LogP contribution in [0.3, 0.4) is 0 Å². The van der Waals surface area contributed by atoms with Crippen LogP contribution in [0.2, 0.25) is 5.02 Å². The van der Waals surface area contributed by atoms with Crippen LogP contribution in [0.4, 0.5) is 0 Å². The highest BCUT2D eigenvalue weighted by Gasteiger charge is 2.35. The molecule has 36 heavy (non-hydrogen) atoms. The predicted molar refractivity (Wildman–Crippen MR) is 144 cm³/mol. The van der Waals surface area contributed by atoms with Crippen LogP contribution in [-0.2, 0) is 9.53 Å². The molecule has 0 fully saturated rings. The average Bonchev–Trinajstić information content (AvgIpc) is 3.12. The Morgan fingerprint density at radius 2 is 1.86 bits per heavy atom. The lowest BCUT2D eigenvalue weighted by atomic mass is 9.95. The fourth-order valence-corrected chi connectivity index (χ4v) is 5.63. The second kappa shape index (κ2) is 10.6. The molecule has 0 spiro atoms. The number of benzene rings is 2. The van der Waals surface area contributed by atoms with Gasteiger partial charge < -0.3 is 14.2 Å². The maximum Gasteiger partial charge on any atom is 0.338 e. The standard InChI is InChI=1S/C26H24BrClN2O5S/c1-13(2)35-25(32)22-14(3)29-26-30(23(22)18-12-16(27)6-8-20(18)34-5)24(31)21(36-26)11-15-10-17(28)7-9-19(15)33-4/h6-13,23H,1-5H3/b21-11-/t23-/m1/s1. The molecule has 0 saturated carbocycles. The lowest BCUT2D eigenvalue weighted by molar-refractivity contribution is -0.143. The maximum absolute atomic E-state index is 13.8. The zero-order chi connectivity index (χ0) is 26.1. The number of ether oxygens (including phenoxy) is 3. The molecule has 10 heteroatoms. The molecule has 0 radical (unpaired) electrons. The Morgan fingerprint density at radius 3 is 2.53 bits per heavy atom. The summed E-state index contributed by atoms with van der Waals surface area (Å²) in [5, 5.41) is 0.515. The lowest BCUT2D eigenvalue weighted by Gasteiger charge is -2.26. The summed E-state index contributed by atoms with van der Waals surface area (Å²) in [5.74, 6) is 0.565. The molecule has 1 aliphatic heterocycles. The first-order valence-electron chi connectivity index (χ1n) is 11.0. The van der Waals surface area contributed by atoms with E-state index in [0.717, 1.165) is 4.47 Å². The predicted octanol–water partition coefficient (Wildman–Crippen LogP) is 4.62. The Labute approximate surface area is 225 Å². The SMILES string of the molecule is COc1ccc(Cl)cc1/C=c1\sc2n(c1=O)[C@H](c1cc(Br)ccc1OC)C(C(=O)OC(C)C)=C(C)N=2. The van der Waals surface area contributed by atoms with Gasteiger partial charge in [0.15, 0.2) is 4.80 Å². The van der Waals surface area contributed by atoms with Crippen molar-refractivity contribution < 1.29 is 19.0 Å². The molecule has 0 saturated heterocycles. The van der Waals surface area contributed by atoms with E-state index in [4.69, 9.17) is 25.8 Å². The second-order valence-corrected chi connectivity index (χ2v) is 10.7. The summed E-state index contributed by atoms with van der Waals surface area (Å²) >= 11 is 10.9. The van der Waals surface area contributed by atoms with Crippen molar-refractivity contribution in [2.75, 3.05) is 14.2 Å². The first-order chi connectivity index (χ1) is 17.1. The number of hydrogen-bond donors (Lipinski definition) is 0. The van der Waals surface area contributed by atoms with Gasteiger partial charge in [-0.2, -0.15) is 0 Å². The smallest absolute Gasteiger partial charge is 0.338 e. The van der Waals surface area contributed by atoms with Crippen LogP contribution in [0.5, 0.6) is 11.5 Å². The summed E-state index contributed by atoms with van der Waals surface area (Å²) in [6.45, 7) is 5.29. The van der Waals surface area contributed by atoms with Gasteiger partial charge in [-0.1, -0.05) is 38.9 Å². The van der Waals surface area contributed by atoms with Crippen LogP contribution in [-0.4, -0.2) is 30.9 Å². The van der Waals surface area contributed by atoms with E-state index < -0.39 is 12.0 Å². The van der Waals surface area contributed by atoms with Crippen LogP contribution in [0, 0.1) is 0 Å². The number of carbonyl (C=O) groups is 1. The summed E-state index contributed by atoms with van der Waals surface area (Å²) in [4.78, 5) is 32.2. The van der Waals surface area contributed by atoms with Crippen molar-refractivity contribution in [3.05, 3.63) is 88.0 Å². The van der Waals surface area contributed by atoms with E-state index in [1.54, 1.807) is 65.3 Å². The molecule has 0 N–H and O–H groups in total. The third-order valence-electron chi connectivity index (χ3n) is 5.55. The number of hydrogen-bond acceptors (Lipinski definition) is 7. The number of methoxy groups -OCH3 is 2. The number of halogens is 2. The van der Waals surface area contributed by atoms with Gasteiger partial charge in [0.2, 0.25) is 0 Å². The van der Waals surface area contributed by atoms with Crippen LogP contribution in [0.15, 0.2) is 61.9 Å². The Bertz CT molecular complexity index is 1560. The molecule has 3 aromatic rings. The zero-order valence-electron chi connectivity index (χ0n) is 20.3. The van der Waals surface area contributed by atoms with Crippen molar-refractivity contribution in [2.45, 2.75) is 32.9 Å². The molecule has 4 rings (SSSR count). The summed E-state index contributed by atoms with van der Waals surface area (Å²) in [5.41, 5.74) is 1.72. The van der Waals surface area contributed by atoms with Crippen LogP contribution >= 0.6 is 38.9 Å². The molecule has 7 nitrogen and oxygen atoms in total. The molecule has 0 unspecified atom stereocenters. The fraction of sp³-hybridized carbons (Fsp3) is 0.269. The van der Waals surface area contributed by atoms with E-state index in [0.29, 0.717) is 42.7 Å². The van der Waals surface area contributed by atoms with E-state index in [1.165, 1.54) is 15.9 Å². The highest BCUT2D eigenvalue weighted by molar-refractivity contribution is 9.10. The van der Waals surface area contributed by atoms with E-state index in [2.05, 4.69) is 20.9 Å². The summed E-state index contributed by atoms with van der Waals surface area (Å²) in [6.07, 6.45) is 1.37. The van der Waals surface area contributed by atoms with E-state index in [-0.39, 0.29) is 17.2 Å². The minimum atomic E-state index is -0.802. The second-order valence-electron chi connectivity index (χ2n) is 8.31. The Morgan fingerprint density at radius 1 is 1.17 bits per heavy atom. The number of carbonyl (C=O) groups excluding carboxylic acids is 1. The Kier molecular flexibility index (Phi) is 7.73. The zero-order valence-corrected chi connectivity index (χ0v) is 23.5. The number of fused-ring (bicyclic) bond motifs is 1.